The average molecular weight is 157 g/mol. The molecule has 0 saturated carbocycles. The molecule has 8 heavy (non-hydrogen) atoms. The highest BCUT2D eigenvalue weighted by atomic mass is 35.5. The molecule has 2 nitrogen and oxygen atoms in total. The lowest BCUT2D eigenvalue weighted by molar-refractivity contribution is 0.183. The first-order valence-corrected chi connectivity index (χ1v) is 4.10. The molecule has 0 rings (SSSR count). The summed E-state index contributed by atoms with van der Waals surface area (Å²) in [6, 6.07) is 0. The number of alkyl halides is 1. The van der Waals surface area contributed by atoms with Crippen molar-refractivity contribution in [1.82, 2.24) is 0 Å². The van der Waals surface area contributed by atoms with Gasteiger partial charge in [-0.3, -0.25) is 4.21 Å². The zero-order valence-electron chi connectivity index (χ0n) is 4.89. The molecule has 50 valence electrons. The van der Waals surface area contributed by atoms with Gasteiger partial charge in [-0.1, -0.05) is 0 Å². The number of rotatable bonds is 3. The molecule has 0 aromatic heterocycles. The van der Waals surface area contributed by atoms with E-state index in [9.17, 15) is 4.21 Å². The quantitative estimate of drug-likeness (QED) is 0.569. The van der Waals surface area contributed by atoms with Gasteiger partial charge in [0.25, 0.3) is 0 Å². The molecule has 0 radical (unpaired) electrons. The molecular formula is C4H9ClO2S. The Morgan fingerprint density at radius 2 is 2.38 bits per heavy atom. The van der Waals surface area contributed by atoms with Gasteiger partial charge in [0.15, 0.2) is 0 Å². The molecule has 0 aliphatic heterocycles. The molecule has 0 amide bonds. The molecule has 2 atom stereocenters. The summed E-state index contributed by atoms with van der Waals surface area (Å²) >= 11 is 5.25. The molecule has 0 fully saturated rings. The van der Waals surface area contributed by atoms with E-state index in [0.717, 1.165) is 0 Å². The van der Waals surface area contributed by atoms with E-state index in [0.29, 0.717) is 0 Å². The molecule has 0 spiro atoms. The summed E-state index contributed by atoms with van der Waals surface area (Å²) in [5.74, 6) is 0. The molecule has 0 aliphatic carbocycles. The van der Waals surface area contributed by atoms with Crippen LogP contribution in [0.1, 0.15) is 6.92 Å². The van der Waals surface area contributed by atoms with Crippen LogP contribution in [0, 0.1) is 0 Å². The Kier molecular flexibility index (Phi) is 4.51. The lowest BCUT2D eigenvalue weighted by Crippen LogP contribution is -2.12. The third kappa shape index (κ3) is 2.64. The fourth-order valence-electron chi connectivity index (χ4n) is 0.196. The van der Waals surface area contributed by atoms with E-state index in [1.165, 1.54) is 7.11 Å². The monoisotopic (exact) mass is 156 g/mol. The second-order valence-corrected chi connectivity index (χ2v) is 3.59. The third-order valence-corrected chi connectivity index (χ3v) is 2.60. The third-order valence-electron chi connectivity index (χ3n) is 0.810. The van der Waals surface area contributed by atoms with E-state index >= 15 is 0 Å². The summed E-state index contributed by atoms with van der Waals surface area (Å²) in [6.07, 6.45) is 0. The van der Waals surface area contributed by atoms with Crippen LogP contribution in [0.3, 0.4) is 0 Å². The summed E-state index contributed by atoms with van der Waals surface area (Å²) in [7, 11) is 0.480. The first-order valence-electron chi connectivity index (χ1n) is 2.18. The number of hydrogen-bond acceptors (Lipinski definition) is 2. The van der Waals surface area contributed by atoms with Gasteiger partial charge in [0.2, 0.25) is 0 Å². The maximum absolute atomic E-state index is 10.6. The van der Waals surface area contributed by atoms with E-state index in [1.54, 1.807) is 6.92 Å². The minimum atomic E-state index is -1.03. The minimum absolute atomic E-state index is 0.148. The first-order chi connectivity index (χ1) is 3.72. The van der Waals surface area contributed by atoms with Gasteiger partial charge >= 0.3 is 0 Å². The fraction of sp³-hybridized carbons (Fsp3) is 1.00. The summed E-state index contributed by atoms with van der Waals surface area (Å²) < 4.78 is 15.3. The van der Waals surface area contributed by atoms with Gasteiger partial charge in [0.1, 0.15) is 10.6 Å². The zero-order chi connectivity index (χ0) is 6.57. The zero-order valence-corrected chi connectivity index (χ0v) is 6.46. The van der Waals surface area contributed by atoms with Crippen LogP contribution in [0.2, 0.25) is 0 Å². The largest absolute Gasteiger partial charge is 0.368 e. The lowest BCUT2D eigenvalue weighted by atomic mass is 10.9. The van der Waals surface area contributed by atoms with E-state index in [1.807, 2.05) is 0 Å². The number of ether oxygens (including phenoxy) is 1. The predicted molar refractivity (Wildman–Crippen MR) is 35.3 cm³/mol. The Hall–Kier alpha value is 0.400. The number of hydrogen-bond donors (Lipinski definition) is 0. The summed E-state index contributed by atoms with van der Waals surface area (Å²) in [4.78, 5) is 0. The Bertz CT molecular complexity index is 86.1. The van der Waals surface area contributed by atoms with Crippen molar-refractivity contribution in [1.29, 1.82) is 0 Å². The molecule has 0 N–H and O–H groups in total. The van der Waals surface area contributed by atoms with Gasteiger partial charge in [-0.05, 0) is 6.92 Å². The van der Waals surface area contributed by atoms with Crippen molar-refractivity contribution in [2.24, 2.45) is 0 Å². The van der Waals surface area contributed by atoms with Gasteiger partial charge in [0.05, 0.1) is 10.8 Å². The number of halogens is 1. The summed E-state index contributed by atoms with van der Waals surface area (Å²) in [5.41, 5.74) is -0.243. The van der Waals surface area contributed by atoms with E-state index in [2.05, 4.69) is 0 Å². The first kappa shape index (κ1) is 8.40. The second kappa shape index (κ2) is 4.30. The van der Waals surface area contributed by atoms with Gasteiger partial charge in [-0.2, -0.15) is 0 Å². The van der Waals surface area contributed by atoms with Crippen LogP contribution < -0.4 is 0 Å². The molecule has 0 heterocycles. The van der Waals surface area contributed by atoms with Gasteiger partial charge in [-0.15, -0.1) is 11.6 Å². The maximum Gasteiger partial charge on any atom is 0.130 e. The topological polar surface area (TPSA) is 26.3 Å². The maximum atomic E-state index is 10.6. The van der Waals surface area contributed by atoms with Gasteiger partial charge in [-0.25, -0.2) is 0 Å². The highest BCUT2D eigenvalue weighted by Crippen LogP contribution is 1.97. The van der Waals surface area contributed by atoms with E-state index in [-0.39, 0.29) is 10.6 Å². The Balaban J connectivity index is 3.46. The molecule has 0 aromatic rings. The normalized spacial score (nSPS) is 17.9. The van der Waals surface area contributed by atoms with E-state index < -0.39 is 10.8 Å². The van der Waals surface area contributed by atoms with Crippen molar-refractivity contribution >= 4 is 22.4 Å². The molecule has 1 unspecified atom stereocenters. The van der Waals surface area contributed by atoms with Crippen LogP contribution in [-0.4, -0.2) is 22.0 Å². The van der Waals surface area contributed by atoms with Crippen LogP contribution in [0.15, 0.2) is 0 Å². The SMILES string of the molecule is CO[C@@H](C)S(=O)CCl. The molecule has 0 saturated heterocycles. The fourth-order valence-corrected chi connectivity index (χ4v) is 1.12. The van der Waals surface area contributed by atoms with Crippen molar-refractivity contribution in [3.05, 3.63) is 0 Å². The molecule has 4 heteroatoms. The van der Waals surface area contributed by atoms with Gasteiger partial charge < -0.3 is 4.74 Å². The van der Waals surface area contributed by atoms with Crippen molar-refractivity contribution in [2.75, 3.05) is 12.3 Å². The van der Waals surface area contributed by atoms with Crippen LogP contribution >= 0.6 is 11.6 Å². The standard InChI is InChI=1S/C4H9ClO2S/c1-4(7-2)8(6)3-5/h4H,3H2,1-2H3/t4-,8?/m1/s1. The Morgan fingerprint density at radius 1 is 1.88 bits per heavy atom. The van der Waals surface area contributed by atoms with Crippen LogP contribution in [0.4, 0.5) is 0 Å². The lowest BCUT2D eigenvalue weighted by Gasteiger charge is -2.04. The minimum Gasteiger partial charge on any atom is -0.368 e. The van der Waals surface area contributed by atoms with Crippen LogP contribution in [0.5, 0.6) is 0 Å². The van der Waals surface area contributed by atoms with Crippen molar-refractivity contribution in [2.45, 2.75) is 12.4 Å². The second-order valence-electron chi connectivity index (χ2n) is 1.29. The van der Waals surface area contributed by atoms with Crippen molar-refractivity contribution in [3.63, 3.8) is 0 Å². The predicted octanol–water partition coefficient (Wildman–Crippen LogP) is 0.924. The van der Waals surface area contributed by atoms with Crippen molar-refractivity contribution < 1.29 is 8.95 Å². The smallest absolute Gasteiger partial charge is 0.130 e. The van der Waals surface area contributed by atoms with E-state index in [4.69, 9.17) is 16.3 Å². The average Bonchev–Trinajstić information content (AvgIpc) is 1.84. The number of methoxy groups -OCH3 is 1. The Morgan fingerprint density at radius 3 is 2.50 bits per heavy atom. The van der Waals surface area contributed by atoms with Crippen LogP contribution in [-0.2, 0) is 15.5 Å². The van der Waals surface area contributed by atoms with Crippen LogP contribution in [0.25, 0.3) is 0 Å². The molecule has 0 aromatic carbocycles. The highest BCUT2D eigenvalue weighted by molar-refractivity contribution is 7.86. The highest BCUT2D eigenvalue weighted by Gasteiger charge is 2.05. The van der Waals surface area contributed by atoms with Gasteiger partial charge in [0, 0.05) is 7.11 Å². The molecular weight excluding hydrogens is 148 g/mol. The molecule has 0 aliphatic rings. The van der Waals surface area contributed by atoms with Crippen molar-refractivity contribution in [3.8, 4) is 0 Å². The Labute approximate surface area is 56.6 Å². The molecule has 0 bridgehead atoms. The summed E-state index contributed by atoms with van der Waals surface area (Å²) in [6.45, 7) is 1.72. The summed E-state index contributed by atoms with van der Waals surface area (Å²) in [5, 5.41) is 0.148.